The maximum absolute atomic E-state index is 12.6. The molecule has 0 aliphatic rings. The molecule has 0 atom stereocenters. The summed E-state index contributed by atoms with van der Waals surface area (Å²) in [7, 11) is 0. The van der Waals surface area contributed by atoms with E-state index in [0.29, 0.717) is 22.3 Å². The monoisotopic (exact) mass is 503 g/mol. The highest BCUT2D eigenvalue weighted by Crippen LogP contribution is 2.20. The van der Waals surface area contributed by atoms with Crippen molar-refractivity contribution in [2.45, 2.75) is 27.7 Å². The zero-order valence-corrected chi connectivity index (χ0v) is 20.8. The Balaban J connectivity index is 1.74. The van der Waals surface area contributed by atoms with Crippen molar-refractivity contribution in [3.05, 3.63) is 109 Å². The van der Waals surface area contributed by atoms with E-state index < -0.39 is 47.3 Å². The highest BCUT2D eigenvalue weighted by atomic mass is 16.6. The lowest BCUT2D eigenvalue weighted by Crippen LogP contribution is -2.17. The van der Waals surface area contributed by atoms with Crippen LogP contribution in [0.5, 0.6) is 0 Å². The number of esters is 2. The molecule has 0 saturated carbocycles. The highest BCUT2D eigenvalue weighted by Gasteiger charge is 2.22. The molecule has 0 fully saturated rings. The normalized spacial score (nSPS) is 10.5. The molecule has 37 heavy (non-hydrogen) atoms. The molecule has 0 saturated heterocycles. The van der Waals surface area contributed by atoms with Crippen molar-refractivity contribution in [1.82, 2.24) is 0 Å². The van der Waals surface area contributed by atoms with E-state index in [4.69, 9.17) is 9.47 Å². The fourth-order valence-corrected chi connectivity index (χ4v) is 3.61. The largest absolute Gasteiger partial charge is 0.454 e. The van der Waals surface area contributed by atoms with Crippen LogP contribution in [0.1, 0.15) is 63.7 Å². The van der Waals surface area contributed by atoms with E-state index in [2.05, 4.69) is 0 Å². The van der Waals surface area contributed by atoms with Crippen molar-refractivity contribution in [3.8, 4) is 0 Å². The van der Waals surface area contributed by atoms with Crippen LogP contribution in [-0.2, 0) is 9.47 Å². The van der Waals surface area contributed by atoms with Gasteiger partial charge in [0.1, 0.15) is 0 Å². The average Bonchev–Trinajstić information content (AvgIpc) is 2.87. The van der Waals surface area contributed by atoms with Crippen LogP contribution in [0.4, 0.5) is 5.69 Å². The van der Waals surface area contributed by atoms with Crippen molar-refractivity contribution in [1.29, 1.82) is 0 Å². The van der Waals surface area contributed by atoms with Gasteiger partial charge in [-0.15, -0.1) is 0 Å². The number of nitro benzene ring substituents is 1. The number of rotatable bonds is 9. The molecule has 0 aliphatic carbocycles. The lowest BCUT2D eigenvalue weighted by molar-refractivity contribution is -0.384. The lowest BCUT2D eigenvalue weighted by Gasteiger charge is -2.09. The van der Waals surface area contributed by atoms with Gasteiger partial charge in [-0.3, -0.25) is 19.7 Å². The number of Topliss-reactive ketones (excluding diaryl/α,β-unsaturated/α-hetero) is 2. The Kier molecular flexibility index (Phi) is 8.29. The molecule has 0 amide bonds. The van der Waals surface area contributed by atoms with E-state index in [-0.39, 0.29) is 11.1 Å². The quantitative estimate of drug-likeness (QED) is 0.174. The number of nitrogens with zero attached hydrogens (tertiary/aromatic N) is 1. The van der Waals surface area contributed by atoms with Gasteiger partial charge in [0, 0.05) is 23.3 Å². The number of hydrogen-bond donors (Lipinski definition) is 0. The maximum atomic E-state index is 12.6. The van der Waals surface area contributed by atoms with E-state index >= 15 is 0 Å². The van der Waals surface area contributed by atoms with Gasteiger partial charge in [0.2, 0.25) is 11.6 Å². The molecule has 0 radical (unpaired) electrons. The summed E-state index contributed by atoms with van der Waals surface area (Å²) in [5.41, 5.74) is 2.75. The summed E-state index contributed by atoms with van der Waals surface area (Å²) >= 11 is 0. The van der Waals surface area contributed by atoms with Crippen LogP contribution in [0.3, 0.4) is 0 Å². The molecule has 0 aliphatic heterocycles. The van der Waals surface area contributed by atoms with Crippen molar-refractivity contribution in [3.63, 3.8) is 0 Å². The minimum Gasteiger partial charge on any atom is -0.454 e. The van der Waals surface area contributed by atoms with Crippen molar-refractivity contribution in [2.24, 2.45) is 0 Å². The predicted octanol–water partition coefficient (Wildman–Crippen LogP) is 4.91. The Morgan fingerprint density at radius 1 is 0.676 bits per heavy atom. The number of carbonyl (C=O) groups is 4. The first-order chi connectivity index (χ1) is 17.5. The zero-order chi connectivity index (χ0) is 27.3. The van der Waals surface area contributed by atoms with Crippen molar-refractivity contribution >= 4 is 29.2 Å². The zero-order valence-electron chi connectivity index (χ0n) is 20.8. The SMILES string of the molecule is Cc1ccc(C)c(C(=O)COC(=O)c2cc(C(=O)OCC(=O)c3cc(C)ccc3C)cc([N+](=O)[O-])c2)c1. The first kappa shape index (κ1) is 26.9. The number of aryl methyl sites for hydroxylation is 4. The molecule has 0 heterocycles. The van der Waals surface area contributed by atoms with Crippen LogP contribution >= 0.6 is 0 Å². The molecule has 3 aromatic rings. The lowest BCUT2D eigenvalue weighted by atomic mass is 10.0. The van der Waals surface area contributed by atoms with Crippen LogP contribution in [0.2, 0.25) is 0 Å². The second-order valence-corrected chi connectivity index (χ2v) is 8.66. The molecule has 0 unspecified atom stereocenters. The van der Waals surface area contributed by atoms with Gasteiger partial charge >= 0.3 is 11.9 Å². The van der Waals surface area contributed by atoms with E-state index in [9.17, 15) is 29.3 Å². The molecule has 9 nitrogen and oxygen atoms in total. The Hall–Kier alpha value is -4.66. The van der Waals surface area contributed by atoms with Crippen LogP contribution < -0.4 is 0 Å². The molecule has 9 heteroatoms. The smallest absolute Gasteiger partial charge is 0.338 e. The van der Waals surface area contributed by atoms with Gasteiger partial charge in [-0.25, -0.2) is 9.59 Å². The number of nitro groups is 1. The van der Waals surface area contributed by atoms with Crippen LogP contribution in [-0.4, -0.2) is 41.6 Å². The molecule has 0 spiro atoms. The molecular formula is C28H25NO8. The fraction of sp³-hybridized carbons (Fsp3) is 0.214. The number of non-ortho nitro benzene ring substituents is 1. The second kappa shape index (κ2) is 11.4. The number of hydrogen-bond acceptors (Lipinski definition) is 8. The van der Waals surface area contributed by atoms with Crippen molar-refractivity contribution < 1.29 is 33.6 Å². The predicted molar refractivity (Wildman–Crippen MR) is 134 cm³/mol. The highest BCUT2D eigenvalue weighted by molar-refractivity contribution is 6.02. The van der Waals surface area contributed by atoms with E-state index in [0.717, 1.165) is 29.3 Å². The number of ketones is 2. The number of ether oxygens (including phenoxy) is 2. The molecule has 0 N–H and O–H groups in total. The Bertz CT molecular complexity index is 1330. The van der Waals surface area contributed by atoms with Gasteiger partial charge in [-0.1, -0.05) is 35.4 Å². The Morgan fingerprint density at radius 3 is 1.46 bits per heavy atom. The summed E-state index contributed by atoms with van der Waals surface area (Å²) in [4.78, 5) is 60.8. The van der Waals surface area contributed by atoms with Crippen LogP contribution in [0.15, 0.2) is 54.6 Å². The average molecular weight is 504 g/mol. The standard InChI is InChI=1S/C28H25NO8/c1-16-5-7-18(3)23(9-16)25(30)14-36-27(32)20-11-21(13-22(12-20)29(34)35)28(33)37-15-26(31)24-10-17(2)6-8-19(24)4/h5-13H,14-15H2,1-4H3. The van der Waals surface area contributed by atoms with Crippen LogP contribution in [0.25, 0.3) is 0 Å². The third kappa shape index (κ3) is 6.72. The van der Waals surface area contributed by atoms with Gasteiger partial charge in [0.25, 0.3) is 5.69 Å². The molecule has 0 bridgehead atoms. The van der Waals surface area contributed by atoms with Crippen molar-refractivity contribution in [2.75, 3.05) is 13.2 Å². The molecule has 3 rings (SSSR count). The summed E-state index contributed by atoms with van der Waals surface area (Å²) in [6.45, 7) is 5.96. The summed E-state index contributed by atoms with van der Waals surface area (Å²) in [6, 6.07) is 13.5. The first-order valence-corrected chi connectivity index (χ1v) is 11.3. The second-order valence-electron chi connectivity index (χ2n) is 8.66. The van der Waals surface area contributed by atoms with Crippen LogP contribution in [0, 0.1) is 37.8 Å². The van der Waals surface area contributed by atoms with Gasteiger partial charge in [0.05, 0.1) is 16.1 Å². The Labute approximate surface area is 213 Å². The fourth-order valence-electron chi connectivity index (χ4n) is 3.61. The van der Waals surface area contributed by atoms with E-state index in [1.165, 1.54) is 0 Å². The number of benzene rings is 3. The summed E-state index contributed by atoms with van der Waals surface area (Å²) in [5, 5.41) is 11.4. The van der Waals surface area contributed by atoms with Gasteiger partial charge in [0.15, 0.2) is 13.2 Å². The minimum atomic E-state index is -1.03. The van der Waals surface area contributed by atoms with E-state index in [1.807, 2.05) is 26.0 Å². The minimum absolute atomic E-state index is 0.309. The first-order valence-electron chi connectivity index (χ1n) is 11.3. The van der Waals surface area contributed by atoms with Gasteiger partial charge in [-0.2, -0.15) is 0 Å². The van der Waals surface area contributed by atoms with Gasteiger partial charge in [-0.05, 0) is 57.0 Å². The van der Waals surface area contributed by atoms with Gasteiger partial charge < -0.3 is 9.47 Å². The Morgan fingerprint density at radius 2 is 1.08 bits per heavy atom. The summed E-state index contributed by atoms with van der Waals surface area (Å²) in [6.07, 6.45) is 0. The molecule has 190 valence electrons. The third-order valence-corrected chi connectivity index (χ3v) is 5.66. The molecule has 3 aromatic carbocycles. The topological polar surface area (TPSA) is 130 Å². The summed E-state index contributed by atoms with van der Waals surface area (Å²) < 4.78 is 10.1. The summed E-state index contributed by atoms with van der Waals surface area (Å²) in [5.74, 6) is -2.93. The molecule has 0 aromatic heterocycles. The molecular weight excluding hydrogens is 478 g/mol. The number of carbonyl (C=O) groups excluding carboxylic acids is 4. The third-order valence-electron chi connectivity index (χ3n) is 5.66. The van der Waals surface area contributed by atoms with E-state index in [1.54, 1.807) is 38.1 Å². The maximum Gasteiger partial charge on any atom is 0.338 e.